The van der Waals surface area contributed by atoms with E-state index in [4.69, 9.17) is 11.6 Å². The van der Waals surface area contributed by atoms with E-state index in [1.54, 1.807) is 31.2 Å². The van der Waals surface area contributed by atoms with Crippen LogP contribution in [0.15, 0.2) is 78.5 Å². The van der Waals surface area contributed by atoms with Crippen LogP contribution in [0.1, 0.15) is 16.7 Å². The maximum absolute atomic E-state index is 13.3. The van der Waals surface area contributed by atoms with Crippen LogP contribution in [0.3, 0.4) is 0 Å². The number of nitrogens with one attached hydrogen (secondary N) is 1. The number of nitrogens with zero attached hydrogens (tertiary/aromatic N) is 2. The largest absolute Gasteiger partial charge is 0.342 e. The maximum Gasteiger partial charge on any atom is 0.335 e. The van der Waals surface area contributed by atoms with Crippen molar-refractivity contribution in [3.63, 3.8) is 0 Å². The second-order valence-electron chi connectivity index (χ2n) is 8.25. The van der Waals surface area contributed by atoms with Gasteiger partial charge in [-0.1, -0.05) is 48.0 Å². The summed E-state index contributed by atoms with van der Waals surface area (Å²) in [6.07, 6.45) is 3.31. The molecule has 2 heterocycles. The first-order chi connectivity index (χ1) is 16.8. The third kappa shape index (κ3) is 4.22. The van der Waals surface area contributed by atoms with Crippen molar-refractivity contribution < 1.29 is 18.8 Å². The number of imide groups is 2. The van der Waals surface area contributed by atoms with E-state index in [0.717, 1.165) is 26.9 Å². The molecule has 35 heavy (non-hydrogen) atoms. The molecule has 0 bridgehead atoms. The van der Waals surface area contributed by atoms with Gasteiger partial charge in [-0.25, -0.2) is 14.1 Å². The number of fused-ring (bicyclic) bond motifs is 1. The molecule has 0 radical (unpaired) electrons. The summed E-state index contributed by atoms with van der Waals surface area (Å²) in [6, 6.07) is 17.7. The second-order valence-corrected chi connectivity index (χ2v) is 8.65. The molecule has 8 heteroatoms. The summed E-state index contributed by atoms with van der Waals surface area (Å²) in [7, 11) is 0. The first-order valence-corrected chi connectivity index (χ1v) is 11.2. The minimum Gasteiger partial charge on any atom is -0.342 e. The molecular weight excluding hydrogens is 469 g/mol. The monoisotopic (exact) mass is 487 g/mol. The van der Waals surface area contributed by atoms with E-state index in [1.807, 2.05) is 35.0 Å². The predicted octanol–water partition coefficient (Wildman–Crippen LogP) is 5.46. The average molecular weight is 488 g/mol. The van der Waals surface area contributed by atoms with Gasteiger partial charge in [-0.05, 0) is 54.5 Å². The van der Waals surface area contributed by atoms with Gasteiger partial charge in [0, 0.05) is 34.2 Å². The van der Waals surface area contributed by atoms with Crippen LogP contribution < -0.4 is 10.2 Å². The average Bonchev–Trinajstić information content (AvgIpc) is 3.17. The molecule has 0 unspecified atom stereocenters. The summed E-state index contributed by atoms with van der Waals surface area (Å²) in [5.41, 5.74) is 3.29. The fraction of sp³-hybridized carbons (Fsp3) is 0.0741. The van der Waals surface area contributed by atoms with Crippen LogP contribution >= 0.6 is 11.6 Å². The first kappa shape index (κ1) is 22.6. The summed E-state index contributed by atoms with van der Waals surface area (Å²) in [6.45, 7) is 2.28. The van der Waals surface area contributed by atoms with Crippen LogP contribution in [0.25, 0.3) is 17.0 Å². The maximum atomic E-state index is 13.3. The van der Waals surface area contributed by atoms with Gasteiger partial charge < -0.3 is 4.57 Å². The Morgan fingerprint density at radius 3 is 2.49 bits per heavy atom. The van der Waals surface area contributed by atoms with E-state index in [2.05, 4.69) is 5.32 Å². The molecule has 0 spiro atoms. The van der Waals surface area contributed by atoms with Gasteiger partial charge in [-0.2, -0.15) is 0 Å². The molecule has 6 nitrogen and oxygen atoms in total. The number of rotatable bonds is 4. The normalized spacial score (nSPS) is 15.2. The fourth-order valence-electron chi connectivity index (χ4n) is 4.08. The van der Waals surface area contributed by atoms with Crippen molar-refractivity contribution in [3.8, 4) is 0 Å². The second kappa shape index (κ2) is 8.85. The Kier molecular flexibility index (Phi) is 5.70. The number of carbonyl (C=O) groups excluding carboxylic acids is 3. The molecule has 0 saturated carbocycles. The van der Waals surface area contributed by atoms with Crippen molar-refractivity contribution in [2.75, 3.05) is 4.90 Å². The molecule has 1 fully saturated rings. The first-order valence-electron chi connectivity index (χ1n) is 10.8. The van der Waals surface area contributed by atoms with E-state index in [-0.39, 0.29) is 17.1 Å². The van der Waals surface area contributed by atoms with E-state index in [1.165, 1.54) is 24.3 Å². The minimum atomic E-state index is -0.837. The number of urea groups is 1. The Hall–Kier alpha value is -4.23. The highest BCUT2D eigenvalue weighted by Crippen LogP contribution is 2.29. The molecule has 4 amide bonds. The molecule has 5 rings (SSSR count). The van der Waals surface area contributed by atoms with Gasteiger partial charge in [-0.3, -0.25) is 14.9 Å². The number of aryl methyl sites for hydroxylation is 1. The van der Waals surface area contributed by atoms with Crippen LogP contribution in [0.2, 0.25) is 5.02 Å². The number of hydrogen-bond donors (Lipinski definition) is 1. The molecule has 0 atom stereocenters. The van der Waals surface area contributed by atoms with Crippen molar-refractivity contribution >= 4 is 52.1 Å². The third-order valence-electron chi connectivity index (χ3n) is 5.90. The Morgan fingerprint density at radius 1 is 1.00 bits per heavy atom. The smallest absolute Gasteiger partial charge is 0.335 e. The van der Waals surface area contributed by atoms with E-state index in [0.29, 0.717) is 17.1 Å². The molecule has 4 aromatic rings. The number of anilines is 1. The molecular formula is C27H19ClFN3O3. The van der Waals surface area contributed by atoms with Crippen LogP contribution in [0.5, 0.6) is 0 Å². The predicted molar refractivity (Wildman–Crippen MR) is 133 cm³/mol. The van der Waals surface area contributed by atoms with Crippen LogP contribution in [0, 0.1) is 12.7 Å². The van der Waals surface area contributed by atoms with Gasteiger partial charge in [0.1, 0.15) is 11.4 Å². The lowest BCUT2D eigenvalue weighted by atomic mass is 10.1. The Morgan fingerprint density at radius 2 is 1.74 bits per heavy atom. The molecule has 174 valence electrons. The van der Waals surface area contributed by atoms with Crippen molar-refractivity contribution in [1.82, 2.24) is 9.88 Å². The SMILES string of the molecule is Cc1ccc(N2C(=O)NC(=O)/C(=C\c3cn(Cc4ccc(F)cc4)c4ccccc34)C2=O)cc1Cl. The van der Waals surface area contributed by atoms with Crippen LogP contribution in [-0.2, 0) is 16.1 Å². The fourth-order valence-corrected chi connectivity index (χ4v) is 4.25. The number of amides is 4. The summed E-state index contributed by atoms with van der Waals surface area (Å²) >= 11 is 6.19. The minimum absolute atomic E-state index is 0.175. The summed E-state index contributed by atoms with van der Waals surface area (Å²) in [5.74, 6) is -1.83. The zero-order chi connectivity index (χ0) is 24.7. The third-order valence-corrected chi connectivity index (χ3v) is 6.31. The zero-order valence-corrected chi connectivity index (χ0v) is 19.3. The Bertz CT molecular complexity index is 1540. The van der Waals surface area contributed by atoms with Gasteiger partial charge in [-0.15, -0.1) is 0 Å². The standard InChI is InChI=1S/C27H19ClFN3O3/c1-16-6-11-20(13-23(16)28)32-26(34)22(25(33)30-27(32)35)12-18-15-31(24-5-3-2-4-21(18)24)14-17-7-9-19(29)10-8-17/h2-13,15H,14H2,1H3,(H,30,33,35)/b22-12+. The summed E-state index contributed by atoms with van der Waals surface area (Å²) in [5, 5.41) is 3.46. The molecule has 1 saturated heterocycles. The van der Waals surface area contributed by atoms with Gasteiger partial charge in [0.05, 0.1) is 5.69 Å². The number of carbonyl (C=O) groups is 3. The zero-order valence-electron chi connectivity index (χ0n) is 18.6. The highest BCUT2D eigenvalue weighted by atomic mass is 35.5. The highest BCUT2D eigenvalue weighted by Gasteiger charge is 2.37. The van der Waals surface area contributed by atoms with Crippen LogP contribution in [0.4, 0.5) is 14.9 Å². The number of benzene rings is 3. The Balaban J connectivity index is 1.56. The molecule has 1 N–H and O–H groups in total. The van der Waals surface area contributed by atoms with Gasteiger partial charge in [0.2, 0.25) is 0 Å². The van der Waals surface area contributed by atoms with Gasteiger partial charge >= 0.3 is 6.03 Å². The number of halogens is 2. The summed E-state index contributed by atoms with van der Waals surface area (Å²) in [4.78, 5) is 39.4. The lowest BCUT2D eigenvalue weighted by Gasteiger charge is -2.26. The number of aromatic nitrogens is 1. The van der Waals surface area contributed by atoms with Crippen molar-refractivity contribution in [2.45, 2.75) is 13.5 Å². The van der Waals surface area contributed by atoms with E-state index in [9.17, 15) is 18.8 Å². The van der Waals surface area contributed by atoms with Crippen LogP contribution in [-0.4, -0.2) is 22.4 Å². The molecule has 1 aliphatic heterocycles. The number of barbiturate groups is 1. The van der Waals surface area contributed by atoms with Crippen molar-refractivity contribution in [3.05, 3.63) is 106 Å². The topological polar surface area (TPSA) is 71.4 Å². The van der Waals surface area contributed by atoms with Gasteiger partial charge in [0.25, 0.3) is 11.8 Å². The van der Waals surface area contributed by atoms with E-state index < -0.39 is 17.8 Å². The molecule has 1 aromatic heterocycles. The molecule has 3 aromatic carbocycles. The molecule has 1 aliphatic rings. The lowest BCUT2D eigenvalue weighted by molar-refractivity contribution is -0.122. The van der Waals surface area contributed by atoms with E-state index >= 15 is 0 Å². The summed E-state index contributed by atoms with van der Waals surface area (Å²) < 4.78 is 15.3. The lowest BCUT2D eigenvalue weighted by Crippen LogP contribution is -2.54. The van der Waals surface area contributed by atoms with Gasteiger partial charge in [0.15, 0.2) is 0 Å². The van der Waals surface area contributed by atoms with Crippen molar-refractivity contribution in [1.29, 1.82) is 0 Å². The van der Waals surface area contributed by atoms with Crippen molar-refractivity contribution in [2.24, 2.45) is 0 Å². The molecule has 0 aliphatic carbocycles. The highest BCUT2D eigenvalue weighted by molar-refractivity contribution is 6.39. The number of hydrogen-bond acceptors (Lipinski definition) is 3. The Labute approximate surface area is 205 Å². The quantitative estimate of drug-likeness (QED) is 0.307. The number of para-hydroxylation sites is 1.